The number of alkyl halides is 3. The van der Waals surface area contributed by atoms with Crippen molar-refractivity contribution in [2.24, 2.45) is 0 Å². The number of benzene rings is 2. The Balaban J connectivity index is 1.76. The Labute approximate surface area is 153 Å². The van der Waals surface area contributed by atoms with Gasteiger partial charge in [-0.3, -0.25) is 0 Å². The van der Waals surface area contributed by atoms with Crippen molar-refractivity contribution < 1.29 is 17.9 Å². The van der Waals surface area contributed by atoms with Gasteiger partial charge in [0.1, 0.15) is 5.75 Å². The van der Waals surface area contributed by atoms with Gasteiger partial charge in [-0.05, 0) is 35.2 Å². The fourth-order valence-electron chi connectivity index (χ4n) is 3.57. The minimum absolute atomic E-state index is 0.0580. The van der Waals surface area contributed by atoms with Crippen LogP contribution >= 0.6 is 11.6 Å². The maximum absolute atomic E-state index is 12.4. The Morgan fingerprint density at radius 3 is 2.69 bits per heavy atom. The number of para-hydroxylation sites is 1. The highest BCUT2D eigenvalue weighted by Crippen LogP contribution is 2.37. The van der Waals surface area contributed by atoms with E-state index in [1.54, 1.807) is 6.07 Å². The lowest BCUT2D eigenvalue weighted by molar-refractivity contribution is -0.274. The lowest BCUT2D eigenvalue weighted by Crippen LogP contribution is -2.21. The lowest BCUT2D eigenvalue weighted by Gasteiger charge is -2.19. The van der Waals surface area contributed by atoms with E-state index in [4.69, 9.17) is 11.6 Å². The average Bonchev–Trinajstić information content (AvgIpc) is 2.81. The zero-order chi connectivity index (χ0) is 18.3. The number of rotatable bonds is 2. The number of hydrogen-bond acceptors (Lipinski definition) is 2. The molecule has 26 heavy (non-hydrogen) atoms. The normalized spacial score (nSPS) is 17.8. The van der Waals surface area contributed by atoms with E-state index >= 15 is 0 Å². The van der Waals surface area contributed by atoms with Crippen molar-refractivity contribution in [1.82, 2.24) is 9.88 Å². The Morgan fingerprint density at radius 2 is 1.92 bits per heavy atom. The summed E-state index contributed by atoms with van der Waals surface area (Å²) in [5.74, 6) is -0.370. The van der Waals surface area contributed by atoms with E-state index in [1.165, 1.54) is 12.1 Å². The van der Waals surface area contributed by atoms with E-state index in [9.17, 15) is 13.2 Å². The predicted octanol–water partition coefficient (Wildman–Crippen LogP) is 4.93. The molecule has 0 radical (unpaired) electrons. The molecule has 0 saturated heterocycles. The minimum atomic E-state index is -4.73. The van der Waals surface area contributed by atoms with Crippen molar-refractivity contribution >= 4 is 22.5 Å². The molecule has 0 bridgehead atoms. The summed E-state index contributed by atoms with van der Waals surface area (Å²) in [6.45, 7) is 2.30. The summed E-state index contributed by atoms with van der Waals surface area (Å²) < 4.78 is 43.5. The topological polar surface area (TPSA) is 26.2 Å². The quantitative estimate of drug-likeness (QED) is 0.682. The highest BCUT2D eigenvalue weighted by molar-refractivity contribution is 6.31. The Bertz CT molecular complexity index is 952. The minimum Gasteiger partial charge on any atom is -0.406 e. The van der Waals surface area contributed by atoms with Crippen molar-refractivity contribution in [3.8, 4) is 5.75 Å². The van der Waals surface area contributed by atoms with Crippen LogP contribution in [-0.2, 0) is 6.54 Å². The number of halogens is 4. The zero-order valence-corrected chi connectivity index (χ0v) is 14.4. The molecule has 0 fully saturated rings. The van der Waals surface area contributed by atoms with Gasteiger partial charge in [0.15, 0.2) is 0 Å². The largest absolute Gasteiger partial charge is 0.573 e. The van der Waals surface area contributed by atoms with Gasteiger partial charge in [-0.1, -0.05) is 35.9 Å². The summed E-state index contributed by atoms with van der Waals surface area (Å²) >= 11 is 6.33. The molecule has 2 aromatic carbocycles. The SMILES string of the molecule is FC(F)(F)Oc1ccc(C2CNCCn3c2cc2ccccc23)c(Cl)c1. The first-order valence-electron chi connectivity index (χ1n) is 8.26. The first-order chi connectivity index (χ1) is 12.4. The van der Waals surface area contributed by atoms with Crippen LogP contribution in [0.15, 0.2) is 48.5 Å². The number of hydrogen-bond donors (Lipinski definition) is 1. The summed E-state index contributed by atoms with van der Waals surface area (Å²) in [6.07, 6.45) is -4.73. The van der Waals surface area contributed by atoms with E-state index in [0.29, 0.717) is 6.54 Å². The van der Waals surface area contributed by atoms with Gasteiger partial charge >= 0.3 is 6.36 Å². The zero-order valence-electron chi connectivity index (χ0n) is 13.7. The second-order valence-electron chi connectivity index (χ2n) is 6.27. The third kappa shape index (κ3) is 3.27. The molecule has 1 N–H and O–H groups in total. The van der Waals surface area contributed by atoms with Crippen LogP contribution in [0.25, 0.3) is 10.9 Å². The number of nitrogens with zero attached hydrogens (tertiary/aromatic N) is 1. The molecule has 1 aliphatic rings. The molecule has 0 amide bonds. The standard InChI is InChI=1S/C19H16ClF3N2O/c20-16-10-13(26-19(21,22)23)5-6-14(16)15-11-24-7-8-25-17-4-2-1-3-12(17)9-18(15)25/h1-6,9-10,15,24H,7-8,11H2. The van der Waals surface area contributed by atoms with Crippen LogP contribution in [0.4, 0.5) is 13.2 Å². The van der Waals surface area contributed by atoms with Crippen molar-refractivity contribution in [2.75, 3.05) is 13.1 Å². The number of ether oxygens (including phenoxy) is 1. The highest BCUT2D eigenvalue weighted by Gasteiger charge is 2.32. The third-order valence-electron chi connectivity index (χ3n) is 4.64. The molecule has 3 aromatic rings. The van der Waals surface area contributed by atoms with Crippen LogP contribution in [-0.4, -0.2) is 24.0 Å². The lowest BCUT2D eigenvalue weighted by atomic mass is 9.95. The molecule has 3 nitrogen and oxygen atoms in total. The van der Waals surface area contributed by atoms with Gasteiger partial charge in [0.2, 0.25) is 0 Å². The van der Waals surface area contributed by atoms with Crippen LogP contribution in [0.1, 0.15) is 17.2 Å². The van der Waals surface area contributed by atoms with Crippen molar-refractivity contribution in [1.29, 1.82) is 0 Å². The molecule has 2 heterocycles. The van der Waals surface area contributed by atoms with Gasteiger partial charge in [0, 0.05) is 41.8 Å². The third-order valence-corrected chi connectivity index (χ3v) is 4.97. The second kappa shape index (κ2) is 6.52. The van der Waals surface area contributed by atoms with Gasteiger partial charge in [-0.2, -0.15) is 0 Å². The average molecular weight is 381 g/mol. The van der Waals surface area contributed by atoms with E-state index in [1.807, 2.05) is 12.1 Å². The summed E-state index contributed by atoms with van der Waals surface area (Å²) in [5, 5.41) is 4.79. The molecule has 0 saturated carbocycles. The molecular formula is C19H16ClF3N2O. The number of fused-ring (bicyclic) bond motifs is 3. The monoisotopic (exact) mass is 380 g/mol. The van der Waals surface area contributed by atoms with E-state index in [0.717, 1.165) is 35.2 Å². The molecule has 1 unspecified atom stereocenters. The summed E-state index contributed by atoms with van der Waals surface area (Å²) in [5.41, 5.74) is 3.02. The molecule has 1 aromatic heterocycles. The van der Waals surface area contributed by atoms with Crippen molar-refractivity contribution in [3.63, 3.8) is 0 Å². The van der Waals surface area contributed by atoms with Crippen molar-refractivity contribution in [3.05, 3.63) is 64.8 Å². The van der Waals surface area contributed by atoms with Crippen LogP contribution in [0.2, 0.25) is 5.02 Å². The van der Waals surface area contributed by atoms with Gasteiger partial charge in [-0.25, -0.2) is 0 Å². The molecular weight excluding hydrogens is 365 g/mol. The number of nitrogens with one attached hydrogen (secondary N) is 1. The molecule has 1 atom stereocenters. The summed E-state index contributed by atoms with van der Waals surface area (Å²) in [6, 6.07) is 14.4. The smallest absolute Gasteiger partial charge is 0.406 e. The highest BCUT2D eigenvalue weighted by atomic mass is 35.5. The van der Waals surface area contributed by atoms with Gasteiger partial charge in [0.05, 0.1) is 0 Å². The fourth-order valence-corrected chi connectivity index (χ4v) is 3.87. The molecule has 0 spiro atoms. The van der Waals surface area contributed by atoms with Crippen molar-refractivity contribution in [2.45, 2.75) is 18.8 Å². The Morgan fingerprint density at radius 1 is 1.12 bits per heavy atom. The summed E-state index contributed by atoms with van der Waals surface area (Å²) in [4.78, 5) is 0. The fraction of sp³-hybridized carbons (Fsp3) is 0.263. The van der Waals surface area contributed by atoms with Gasteiger partial charge in [0.25, 0.3) is 0 Å². The number of aromatic nitrogens is 1. The molecule has 7 heteroatoms. The van der Waals surface area contributed by atoms with E-state index < -0.39 is 6.36 Å². The van der Waals surface area contributed by atoms with Crippen LogP contribution in [0.3, 0.4) is 0 Å². The molecule has 1 aliphatic heterocycles. The van der Waals surface area contributed by atoms with Crippen LogP contribution in [0.5, 0.6) is 5.75 Å². The van der Waals surface area contributed by atoms with Crippen LogP contribution < -0.4 is 10.1 Å². The van der Waals surface area contributed by atoms with Gasteiger partial charge in [-0.15, -0.1) is 13.2 Å². The second-order valence-corrected chi connectivity index (χ2v) is 6.67. The summed E-state index contributed by atoms with van der Waals surface area (Å²) in [7, 11) is 0. The Kier molecular flexibility index (Phi) is 4.32. The molecule has 4 rings (SSSR count). The predicted molar refractivity (Wildman–Crippen MR) is 94.8 cm³/mol. The first-order valence-corrected chi connectivity index (χ1v) is 8.64. The maximum Gasteiger partial charge on any atom is 0.573 e. The maximum atomic E-state index is 12.4. The van der Waals surface area contributed by atoms with E-state index in [-0.39, 0.29) is 16.7 Å². The van der Waals surface area contributed by atoms with E-state index in [2.05, 4.69) is 32.8 Å². The Hall–Kier alpha value is -2.18. The van der Waals surface area contributed by atoms with Crippen LogP contribution in [0, 0.1) is 0 Å². The first kappa shape index (κ1) is 17.2. The molecule has 0 aliphatic carbocycles. The molecule has 136 valence electrons. The van der Waals surface area contributed by atoms with Gasteiger partial charge < -0.3 is 14.6 Å².